The van der Waals surface area contributed by atoms with Gasteiger partial charge in [-0.05, 0) is 36.6 Å². The van der Waals surface area contributed by atoms with Crippen LogP contribution in [0.3, 0.4) is 0 Å². The van der Waals surface area contributed by atoms with E-state index in [9.17, 15) is 13.5 Å². The van der Waals surface area contributed by atoms with Crippen LogP contribution in [0, 0.1) is 5.92 Å². The zero-order valence-corrected chi connectivity index (χ0v) is 13.2. The van der Waals surface area contributed by atoms with E-state index in [0.717, 1.165) is 18.5 Å². The van der Waals surface area contributed by atoms with Crippen LogP contribution >= 0.6 is 0 Å². The van der Waals surface area contributed by atoms with Crippen LogP contribution in [-0.2, 0) is 16.4 Å². The summed E-state index contributed by atoms with van der Waals surface area (Å²) in [6.45, 7) is 4.30. The van der Waals surface area contributed by atoms with Gasteiger partial charge in [0.1, 0.15) is 0 Å². The molecule has 1 aliphatic heterocycles. The Morgan fingerprint density at radius 3 is 2.57 bits per heavy atom. The first-order chi connectivity index (χ1) is 9.92. The average molecular weight is 312 g/mol. The molecule has 1 aromatic carbocycles. The molecule has 1 aromatic rings. The fourth-order valence-corrected chi connectivity index (χ4v) is 3.80. The third kappa shape index (κ3) is 4.26. The van der Waals surface area contributed by atoms with Crippen molar-refractivity contribution in [3.63, 3.8) is 0 Å². The highest BCUT2D eigenvalue weighted by molar-refractivity contribution is 7.91. The van der Waals surface area contributed by atoms with Gasteiger partial charge in [0.05, 0.1) is 16.8 Å². The van der Waals surface area contributed by atoms with Crippen LogP contribution < -0.4 is 5.73 Å². The molecule has 118 valence electrons. The lowest BCUT2D eigenvalue weighted by Gasteiger charge is -2.34. The number of nitrogens with zero attached hydrogens (tertiary/aromatic N) is 1. The van der Waals surface area contributed by atoms with E-state index in [0.29, 0.717) is 30.4 Å². The van der Waals surface area contributed by atoms with Crippen LogP contribution in [0.2, 0.25) is 0 Å². The lowest BCUT2D eigenvalue weighted by molar-refractivity contribution is 0.0319. The molecule has 0 aliphatic carbocycles. The molecule has 0 saturated carbocycles. The molecule has 2 unspecified atom stereocenters. The minimum atomic E-state index is -3.28. The van der Waals surface area contributed by atoms with Crippen molar-refractivity contribution in [3.8, 4) is 0 Å². The van der Waals surface area contributed by atoms with Gasteiger partial charge in [0.15, 0.2) is 9.84 Å². The SMILES string of the molecule is CC1CCN(CCS(=O)(=O)c2ccc(CN)cc2)CC1O. The molecular formula is C15H24N2O3S. The van der Waals surface area contributed by atoms with E-state index in [4.69, 9.17) is 5.73 Å². The van der Waals surface area contributed by atoms with Crippen molar-refractivity contribution in [1.29, 1.82) is 0 Å². The van der Waals surface area contributed by atoms with E-state index in [1.54, 1.807) is 24.3 Å². The molecule has 1 aliphatic rings. The smallest absolute Gasteiger partial charge is 0.179 e. The molecule has 1 fully saturated rings. The van der Waals surface area contributed by atoms with Crippen LogP contribution in [0.1, 0.15) is 18.9 Å². The molecule has 5 nitrogen and oxygen atoms in total. The molecule has 1 heterocycles. The molecule has 21 heavy (non-hydrogen) atoms. The van der Waals surface area contributed by atoms with Crippen molar-refractivity contribution in [2.24, 2.45) is 11.7 Å². The van der Waals surface area contributed by atoms with Crippen LogP contribution in [0.15, 0.2) is 29.2 Å². The topological polar surface area (TPSA) is 83.6 Å². The third-order valence-electron chi connectivity index (χ3n) is 4.20. The molecule has 1 saturated heterocycles. The maximum Gasteiger partial charge on any atom is 0.179 e. The van der Waals surface area contributed by atoms with Crippen molar-refractivity contribution < 1.29 is 13.5 Å². The summed E-state index contributed by atoms with van der Waals surface area (Å²) in [5, 5.41) is 9.85. The van der Waals surface area contributed by atoms with E-state index >= 15 is 0 Å². The first-order valence-corrected chi connectivity index (χ1v) is 9.00. The van der Waals surface area contributed by atoms with E-state index in [-0.39, 0.29) is 11.9 Å². The molecule has 0 bridgehead atoms. The maximum absolute atomic E-state index is 12.3. The Morgan fingerprint density at radius 1 is 1.33 bits per heavy atom. The zero-order chi connectivity index (χ0) is 15.5. The van der Waals surface area contributed by atoms with Crippen LogP contribution in [0.5, 0.6) is 0 Å². The molecule has 2 atom stereocenters. The van der Waals surface area contributed by atoms with Gasteiger partial charge < -0.3 is 10.8 Å². The standard InChI is InChI=1S/C15H24N2O3S/c1-12-6-7-17(11-15(12)18)8-9-21(19,20)14-4-2-13(10-16)3-5-14/h2-5,12,15,18H,6-11,16H2,1H3. The Bertz CT molecular complexity index is 557. The number of rotatable bonds is 5. The molecule has 0 radical (unpaired) electrons. The second-order valence-corrected chi connectivity index (χ2v) is 7.91. The minimum absolute atomic E-state index is 0.0794. The van der Waals surface area contributed by atoms with E-state index in [1.807, 2.05) is 11.8 Å². The van der Waals surface area contributed by atoms with E-state index < -0.39 is 9.84 Å². The number of hydrogen-bond acceptors (Lipinski definition) is 5. The van der Waals surface area contributed by atoms with Gasteiger partial charge in [0.25, 0.3) is 0 Å². The lowest BCUT2D eigenvalue weighted by Crippen LogP contribution is -2.44. The monoisotopic (exact) mass is 312 g/mol. The van der Waals surface area contributed by atoms with Gasteiger partial charge in [-0.3, -0.25) is 4.90 Å². The van der Waals surface area contributed by atoms with Gasteiger partial charge in [-0.1, -0.05) is 19.1 Å². The summed E-state index contributed by atoms with van der Waals surface area (Å²) >= 11 is 0. The second-order valence-electron chi connectivity index (χ2n) is 5.80. The van der Waals surface area contributed by atoms with Crippen molar-refractivity contribution in [1.82, 2.24) is 4.90 Å². The lowest BCUT2D eigenvalue weighted by atomic mass is 9.96. The summed E-state index contributed by atoms with van der Waals surface area (Å²) in [7, 11) is -3.28. The molecule has 0 aromatic heterocycles. The van der Waals surface area contributed by atoms with Crippen molar-refractivity contribution in [2.45, 2.75) is 30.9 Å². The van der Waals surface area contributed by atoms with Gasteiger partial charge in [-0.2, -0.15) is 0 Å². The first kappa shape index (κ1) is 16.4. The van der Waals surface area contributed by atoms with Crippen molar-refractivity contribution in [3.05, 3.63) is 29.8 Å². The highest BCUT2D eigenvalue weighted by atomic mass is 32.2. The third-order valence-corrected chi connectivity index (χ3v) is 5.91. The molecular weight excluding hydrogens is 288 g/mol. The van der Waals surface area contributed by atoms with E-state index in [1.165, 1.54) is 0 Å². The molecule has 0 spiro atoms. The number of β-amino-alcohol motifs (C(OH)–C–C–N with tert-alkyl or cyclic N) is 1. The average Bonchev–Trinajstić information content (AvgIpc) is 2.48. The summed E-state index contributed by atoms with van der Waals surface area (Å²) in [4.78, 5) is 2.36. The largest absolute Gasteiger partial charge is 0.392 e. The summed E-state index contributed by atoms with van der Waals surface area (Å²) < 4.78 is 24.6. The number of hydrogen-bond donors (Lipinski definition) is 2. The van der Waals surface area contributed by atoms with Crippen molar-refractivity contribution >= 4 is 9.84 Å². The highest BCUT2D eigenvalue weighted by Gasteiger charge is 2.25. The number of aliphatic hydroxyl groups excluding tert-OH is 1. The molecule has 2 rings (SSSR count). The number of likely N-dealkylation sites (tertiary alicyclic amines) is 1. The molecule has 3 N–H and O–H groups in total. The van der Waals surface area contributed by atoms with Crippen LogP contribution in [-0.4, -0.2) is 49.9 Å². The maximum atomic E-state index is 12.3. The summed E-state index contributed by atoms with van der Waals surface area (Å²) in [5.74, 6) is 0.373. The Labute approximate surface area is 126 Å². The fraction of sp³-hybridized carbons (Fsp3) is 0.600. The predicted octanol–water partition coefficient (Wildman–Crippen LogP) is 0.622. The number of piperidine rings is 1. The molecule has 0 amide bonds. The zero-order valence-electron chi connectivity index (χ0n) is 12.4. The van der Waals surface area contributed by atoms with E-state index in [2.05, 4.69) is 0 Å². The summed E-state index contributed by atoms with van der Waals surface area (Å²) in [6.07, 6.45) is 0.553. The van der Waals surface area contributed by atoms with Gasteiger partial charge in [-0.25, -0.2) is 8.42 Å². The van der Waals surface area contributed by atoms with Gasteiger partial charge in [-0.15, -0.1) is 0 Å². The van der Waals surface area contributed by atoms with Crippen LogP contribution in [0.4, 0.5) is 0 Å². The Balaban J connectivity index is 1.94. The minimum Gasteiger partial charge on any atom is -0.392 e. The van der Waals surface area contributed by atoms with Gasteiger partial charge >= 0.3 is 0 Å². The number of benzene rings is 1. The first-order valence-electron chi connectivity index (χ1n) is 7.34. The van der Waals surface area contributed by atoms with Gasteiger partial charge in [0, 0.05) is 19.6 Å². The second kappa shape index (κ2) is 6.87. The van der Waals surface area contributed by atoms with Gasteiger partial charge in [0.2, 0.25) is 0 Å². The quantitative estimate of drug-likeness (QED) is 0.833. The molecule has 6 heteroatoms. The Morgan fingerprint density at radius 2 is 2.00 bits per heavy atom. The predicted molar refractivity (Wildman–Crippen MR) is 82.6 cm³/mol. The highest BCUT2D eigenvalue weighted by Crippen LogP contribution is 2.18. The fourth-order valence-electron chi connectivity index (χ4n) is 2.52. The Hall–Kier alpha value is -0.950. The van der Waals surface area contributed by atoms with Crippen molar-refractivity contribution in [2.75, 3.05) is 25.4 Å². The normalized spacial score (nSPS) is 24.1. The Kier molecular flexibility index (Phi) is 5.37. The number of nitrogens with two attached hydrogens (primary N) is 1. The van der Waals surface area contributed by atoms with Crippen LogP contribution in [0.25, 0.3) is 0 Å². The number of aliphatic hydroxyl groups is 1. The number of sulfone groups is 1. The summed E-state index contributed by atoms with van der Waals surface area (Å²) in [6, 6.07) is 6.73. The summed E-state index contributed by atoms with van der Waals surface area (Å²) in [5.41, 5.74) is 6.43.